The number of hydrogen-bond acceptors (Lipinski definition) is 2. The maximum absolute atomic E-state index is 12.6. The van der Waals surface area contributed by atoms with E-state index in [-0.39, 0.29) is 11.9 Å². The Labute approximate surface area is 166 Å². The highest BCUT2D eigenvalue weighted by molar-refractivity contribution is 5.87. The van der Waals surface area contributed by atoms with Crippen LogP contribution in [0.4, 0.5) is 0 Å². The molecule has 0 bridgehead atoms. The summed E-state index contributed by atoms with van der Waals surface area (Å²) in [7, 11) is 0. The highest BCUT2D eigenvalue weighted by atomic mass is 16.5. The number of aromatic amines is 1. The van der Waals surface area contributed by atoms with Crippen molar-refractivity contribution >= 4 is 16.8 Å². The molecule has 4 rings (SSSR count). The summed E-state index contributed by atoms with van der Waals surface area (Å²) >= 11 is 0. The van der Waals surface area contributed by atoms with Gasteiger partial charge in [-0.25, -0.2) is 0 Å². The molecule has 0 saturated heterocycles. The predicted molar refractivity (Wildman–Crippen MR) is 113 cm³/mol. The molecule has 2 aromatic carbocycles. The number of carbonyl (C=O) groups is 1. The van der Waals surface area contributed by atoms with Gasteiger partial charge in [-0.15, -0.1) is 0 Å². The number of rotatable bonds is 5. The van der Waals surface area contributed by atoms with Crippen molar-refractivity contribution in [1.29, 1.82) is 0 Å². The molecular weight excluding hydrogens is 348 g/mol. The molecule has 2 unspecified atom stereocenters. The van der Waals surface area contributed by atoms with Crippen LogP contribution < -0.4 is 10.1 Å². The number of H-pyrrole nitrogens is 1. The van der Waals surface area contributed by atoms with Crippen molar-refractivity contribution in [3.8, 4) is 5.75 Å². The molecule has 0 aliphatic heterocycles. The van der Waals surface area contributed by atoms with E-state index in [2.05, 4.69) is 61.4 Å². The zero-order valence-electron chi connectivity index (χ0n) is 17.0. The fraction of sp³-hybridized carbons (Fsp3) is 0.375. The minimum atomic E-state index is -0.525. The Morgan fingerprint density at radius 1 is 1.11 bits per heavy atom. The number of ether oxygens (including phenoxy) is 1. The van der Waals surface area contributed by atoms with Gasteiger partial charge in [0.05, 0.1) is 0 Å². The van der Waals surface area contributed by atoms with E-state index in [4.69, 9.17) is 4.74 Å². The number of aryl methyl sites for hydroxylation is 1. The number of hydrogen-bond donors (Lipinski definition) is 2. The summed E-state index contributed by atoms with van der Waals surface area (Å²) in [5.41, 5.74) is 6.28. The molecule has 4 heteroatoms. The third kappa shape index (κ3) is 3.64. The molecule has 146 valence electrons. The van der Waals surface area contributed by atoms with Gasteiger partial charge in [0.15, 0.2) is 6.10 Å². The van der Waals surface area contributed by atoms with Gasteiger partial charge >= 0.3 is 0 Å². The summed E-state index contributed by atoms with van der Waals surface area (Å²) in [5, 5.41) is 4.44. The molecule has 4 nitrogen and oxygen atoms in total. The van der Waals surface area contributed by atoms with Crippen molar-refractivity contribution in [2.24, 2.45) is 0 Å². The molecule has 0 saturated carbocycles. The second kappa shape index (κ2) is 7.34. The number of amides is 1. The summed E-state index contributed by atoms with van der Waals surface area (Å²) < 4.78 is 5.85. The first-order valence-electron chi connectivity index (χ1n) is 10.1. The molecule has 2 atom stereocenters. The molecule has 0 fully saturated rings. The number of fused-ring (bicyclic) bond motifs is 3. The van der Waals surface area contributed by atoms with Crippen molar-refractivity contribution in [1.82, 2.24) is 10.3 Å². The van der Waals surface area contributed by atoms with Gasteiger partial charge in [-0.1, -0.05) is 37.6 Å². The second-order valence-corrected chi connectivity index (χ2v) is 8.23. The van der Waals surface area contributed by atoms with Crippen LogP contribution in [0.15, 0.2) is 42.5 Å². The molecule has 1 aromatic heterocycles. The fourth-order valence-electron chi connectivity index (χ4n) is 4.00. The van der Waals surface area contributed by atoms with Gasteiger partial charge < -0.3 is 15.0 Å². The fourth-order valence-corrected chi connectivity index (χ4v) is 4.00. The smallest absolute Gasteiger partial charge is 0.261 e. The minimum absolute atomic E-state index is 0.0661. The van der Waals surface area contributed by atoms with Crippen LogP contribution in [-0.2, 0) is 17.6 Å². The maximum atomic E-state index is 12.6. The molecule has 2 N–H and O–H groups in total. The van der Waals surface area contributed by atoms with Gasteiger partial charge in [-0.3, -0.25) is 4.79 Å². The molecule has 1 heterocycles. The van der Waals surface area contributed by atoms with Gasteiger partial charge in [0.2, 0.25) is 0 Å². The van der Waals surface area contributed by atoms with E-state index >= 15 is 0 Å². The van der Waals surface area contributed by atoms with Crippen molar-refractivity contribution in [3.63, 3.8) is 0 Å². The van der Waals surface area contributed by atoms with Crippen LogP contribution in [0, 0.1) is 6.92 Å². The van der Waals surface area contributed by atoms with Crippen molar-refractivity contribution in [3.05, 3.63) is 64.8 Å². The maximum Gasteiger partial charge on any atom is 0.261 e. The van der Waals surface area contributed by atoms with E-state index in [0.29, 0.717) is 5.92 Å². The molecule has 0 radical (unpaired) electrons. The van der Waals surface area contributed by atoms with Crippen LogP contribution in [-0.4, -0.2) is 23.0 Å². The van der Waals surface area contributed by atoms with E-state index in [1.165, 1.54) is 33.3 Å². The van der Waals surface area contributed by atoms with E-state index in [1.807, 2.05) is 12.1 Å². The lowest BCUT2D eigenvalue weighted by atomic mass is 10.0. The van der Waals surface area contributed by atoms with Crippen LogP contribution in [0.5, 0.6) is 5.75 Å². The highest BCUT2D eigenvalue weighted by Crippen LogP contribution is 2.31. The summed E-state index contributed by atoms with van der Waals surface area (Å²) in [6, 6.07) is 14.6. The summed E-state index contributed by atoms with van der Waals surface area (Å²) in [5.74, 6) is 1.14. The first kappa shape index (κ1) is 18.6. The average Bonchev–Trinajstić information content (AvgIpc) is 3.19. The minimum Gasteiger partial charge on any atom is -0.481 e. The molecule has 3 aromatic rings. The third-order valence-electron chi connectivity index (χ3n) is 5.63. The van der Waals surface area contributed by atoms with Crippen LogP contribution in [0.3, 0.4) is 0 Å². The van der Waals surface area contributed by atoms with E-state index in [1.54, 1.807) is 6.92 Å². The topological polar surface area (TPSA) is 54.1 Å². The SMILES string of the molecule is Cc1ccc2[nH]c3c(c2c1)CC(NC(=O)C(C)Oc1ccc(C(C)C)cc1)C3. The molecule has 1 amide bonds. The standard InChI is InChI=1S/C24H28N2O2/c1-14(2)17-6-8-19(9-7-17)28-16(4)24(27)25-18-12-21-20-11-15(3)5-10-22(20)26-23(21)13-18/h5-11,14,16,18,26H,12-13H2,1-4H3,(H,25,27). The van der Waals surface area contributed by atoms with Gasteiger partial charge in [0, 0.05) is 29.1 Å². The number of aromatic nitrogens is 1. The molecule has 28 heavy (non-hydrogen) atoms. The van der Waals surface area contributed by atoms with Crippen molar-refractivity contribution in [2.45, 2.75) is 58.6 Å². The van der Waals surface area contributed by atoms with Crippen LogP contribution >= 0.6 is 0 Å². The summed E-state index contributed by atoms with van der Waals surface area (Å²) in [6.45, 7) is 8.24. The predicted octanol–water partition coefficient (Wildman–Crippen LogP) is 4.65. The van der Waals surface area contributed by atoms with Gasteiger partial charge in [-0.2, -0.15) is 0 Å². The zero-order chi connectivity index (χ0) is 19.8. The Morgan fingerprint density at radius 2 is 1.86 bits per heavy atom. The normalized spacial score (nSPS) is 17.0. The van der Waals surface area contributed by atoms with Gasteiger partial charge in [0.1, 0.15) is 5.75 Å². The molecular formula is C24H28N2O2. The molecule has 1 aliphatic rings. The Balaban J connectivity index is 1.37. The number of carbonyl (C=O) groups excluding carboxylic acids is 1. The Morgan fingerprint density at radius 3 is 2.57 bits per heavy atom. The quantitative estimate of drug-likeness (QED) is 0.681. The van der Waals surface area contributed by atoms with E-state index in [9.17, 15) is 4.79 Å². The van der Waals surface area contributed by atoms with Gasteiger partial charge in [-0.05, 0) is 61.6 Å². The Bertz CT molecular complexity index is 1000. The van der Waals surface area contributed by atoms with Crippen LogP contribution in [0.2, 0.25) is 0 Å². The Hall–Kier alpha value is -2.75. The monoisotopic (exact) mass is 376 g/mol. The zero-order valence-corrected chi connectivity index (χ0v) is 17.0. The average molecular weight is 377 g/mol. The first-order chi connectivity index (χ1) is 13.4. The highest BCUT2D eigenvalue weighted by Gasteiger charge is 2.28. The third-order valence-corrected chi connectivity index (χ3v) is 5.63. The van der Waals surface area contributed by atoms with Crippen LogP contribution in [0.1, 0.15) is 49.1 Å². The van der Waals surface area contributed by atoms with E-state index < -0.39 is 6.10 Å². The number of benzene rings is 2. The lowest BCUT2D eigenvalue weighted by Crippen LogP contribution is -2.43. The van der Waals surface area contributed by atoms with Crippen molar-refractivity contribution in [2.75, 3.05) is 0 Å². The summed E-state index contributed by atoms with van der Waals surface area (Å²) in [4.78, 5) is 16.1. The molecule has 1 aliphatic carbocycles. The second-order valence-electron chi connectivity index (χ2n) is 8.23. The Kier molecular flexibility index (Phi) is 4.88. The van der Waals surface area contributed by atoms with Crippen LogP contribution in [0.25, 0.3) is 10.9 Å². The summed E-state index contributed by atoms with van der Waals surface area (Å²) in [6.07, 6.45) is 1.17. The van der Waals surface area contributed by atoms with Gasteiger partial charge in [0.25, 0.3) is 5.91 Å². The lowest BCUT2D eigenvalue weighted by Gasteiger charge is -2.18. The molecule has 0 spiro atoms. The number of nitrogens with one attached hydrogen (secondary N) is 2. The first-order valence-corrected chi connectivity index (χ1v) is 10.1. The lowest BCUT2D eigenvalue weighted by molar-refractivity contribution is -0.127. The van der Waals surface area contributed by atoms with Crippen molar-refractivity contribution < 1.29 is 9.53 Å². The van der Waals surface area contributed by atoms with E-state index in [0.717, 1.165) is 18.6 Å². The largest absolute Gasteiger partial charge is 0.481 e.